The number of carbonyl (C=O) groups excluding carboxylic acids is 11. The molecule has 0 radical (unpaired) electrons. The lowest BCUT2D eigenvalue weighted by molar-refractivity contribution is -0.142. The smallest absolute Gasteiger partial charge is 0.326 e. The van der Waals surface area contributed by atoms with Crippen LogP contribution in [-0.4, -0.2) is 148 Å². The molecule has 0 aliphatic rings. The predicted octanol–water partition coefficient (Wildman–Crippen LogP) is -8.14. The number of benzene rings is 1. The molecule has 1 rings (SSSR count). The third-order valence-electron chi connectivity index (χ3n) is 9.60. The molecule has 30 nitrogen and oxygen atoms in total. The minimum Gasteiger partial charge on any atom is -0.481 e. The van der Waals surface area contributed by atoms with Gasteiger partial charge in [-0.3, -0.25) is 62.5 Å². The molecule has 1 aromatic carbocycles. The lowest BCUT2D eigenvalue weighted by Gasteiger charge is -2.27. The molecule has 70 heavy (non-hydrogen) atoms. The summed E-state index contributed by atoms with van der Waals surface area (Å²) in [4.78, 5) is 169. The van der Waals surface area contributed by atoms with Gasteiger partial charge in [-0.15, -0.1) is 0 Å². The number of carboxylic acid groups (broad SMARTS) is 2. The summed E-state index contributed by atoms with van der Waals surface area (Å²) in [5.74, 6) is -16.0. The van der Waals surface area contributed by atoms with Gasteiger partial charge in [-0.2, -0.15) is 0 Å². The van der Waals surface area contributed by atoms with Crippen LogP contribution in [0.4, 0.5) is 0 Å². The lowest BCUT2D eigenvalue weighted by Crippen LogP contribution is -2.61. The number of carboxylic acids is 2. The molecule has 0 spiro atoms. The molecule has 0 saturated carbocycles. The van der Waals surface area contributed by atoms with Crippen molar-refractivity contribution in [1.29, 1.82) is 0 Å². The number of amides is 11. The molecule has 0 aliphatic carbocycles. The minimum absolute atomic E-state index is 0.0477. The number of rotatable bonds is 33. The average molecular weight is 992 g/mol. The van der Waals surface area contributed by atoms with Crippen LogP contribution in [0, 0.1) is 0 Å². The van der Waals surface area contributed by atoms with E-state index in [1.54, 1.807) is 30.3 Å². The van der Waals surface area contributed by atoms with Gasteiger partial charge in [0.05, 0.1) is 25.3 Å². The second-order valence-electron chi connectivity index (χ2n) is 15.6. The van der Waals surface area contributed by atoms with Crippen molar-refractivity contribution in [2.24, 2.45) is 45.1 Å². The first-order chi connectivity index (χ1) is 32.7. The maximum absolute atomic E-state index is 13.9. The van der Waals surface area contributed by atoms with Crippen LogP contribution >= 0.6 is 0 Å². The van der Waals surface area contributed by atoms with Gasteiger partial charge in [0, 0.05) is 25.8 Å². The Morgan fingerprint density at radius 1 is 0.486 bits per heavy atom. The Hall–Kier alpha value is -8.44. The van der Waals surface area contributed by atoms with Crippen molar-refractivity contribution in [2.45, 2.75) is 119 Å². The molecule has 0 aromatic heterocycles. The fourth-order valence-electron chi connectivity index (χ4n) is 6.08. The Kier molecular flexibility index (Phi) is 25.6. The molecule has 0 unspecified atom stereocenters. The van der Waals surface area contributed by atoms with E-state index in [1.165, 1.54) is 6.92 Å². The third-order valence-corrected chi connectivity index (χ3v) is 9.60. The van der Waals surface area contributed by atoms with Crippen LogP contribution in [0.5, 0.6) is 0 Å². The topological polar surface area (TPSA) is 541 Å². The molecule has 8 atom stereocenters. The maximum atomic E-state index is 13.9. The van der Waals surface area contributed by atoms with E-state index in [4.69, 9.17) is 45.2 Å². The first kappa shape index (κ1) is 59.6. The normalized spacial score (nSPS) is 14.1. The number of carbonyl (C=O) groups is 13. The monoisotopic (exact) mass is 991 g/mol. The molecule has 1 aromatic rings. The fraction of sp³-hybridized carbons (Fsp3) is 0.500. The van der Waals surface area contributed by atoms with E-state index in [9.17, 15) is 67.4 Å². The van der Waals surface area contributed by atoms with E-state index >= 15 is 0 Å². The van der Waals surface area contributed by atoms with Gasteiger partial charge in [0.1, 0.15) is 42.3 Å². The van der Waals surface area contributed by atoms with Crippen molar-refractivity contribution in [3.63, 3.8) is 0 Å². The van der Waals surface area contributed by atoms with Crippen LogP contribution in [0.15, 0.2) is 35.3 Å². The Labute approximate surface area is 399 Å². The summed E-state index contributed by atoms with van der Waals surface area (Å²) < 4.78 is 0. The summed E-state index contributed by atoms with van der Waals surface area (Å²) >= 11 is 0. The SMILES string of the molecule is C[C@H](N)C(=O)N[C@@H](CCC(=O)O)C(=O)N[C@@H](CC(N)=O)C(=O)N[C@@H](CC(N)=O)C(=O)N[C@@H](CCC(N)=O)C(=O)N[C@@H](CCCN=C(N)N)C(=O)N[C@@H](CC(N)=O)C(=O)N[C@@H](Cc1ccccc1)C(=O)O. The van der Waals surface area contributed by atoms with Crippen LogP contribution in [0.2, 0.25) is 0 Å². The summed E-state index contributed by atoms with van der Waals surface area (Å²) in [6.07, 6.45) is -5.75. The van der Waals surface area contributed by atoms with Crippen LogP contribution in [0.3, 0.4) is 0 Å². The molecule has 386 valence electrons. The Bertz CT molecular complexity index is 2120. The minimum atomic E-state index is -2.01. The number of aliphatic imine (C=N–C) groups is 1. The van der Waals surface area contributed by atoms with Gasteiger partial charge in [0.2, 0.25) is 65.0 Å². The number of nitrogens with zero attached hydrogens (tertiary/aromatic N) is 1. The number of guanidine groups is 1. The summed E-state index contributed by atoms with van der Waals surface area (Å²) in [6.45, 7) is 1.13. The Balaban J connectivity index is 3.53. The third kappa shape index (κ3) is 23.8. The molecular weight excluding hydrogens is 931 g/mol. The van der Waals surface area contributed by atoms with Crippen molar-refractivity contribution in [3.05, 3.63) is 35.9 Å². The van der Waals surface area contributed by atoms with Gasteiger partial charge in [0.15, 0.2) is 5.96 Å². The standard InChI is InChI=1S/C40H61N15O15/c1-18(41)32(62)49-22(10-12-31(60)61)35(65)53-24(16-29(44)58)37(67)54-23(15-28(43)57)36(66)51-21(9-11-27(42)56)34(64)50-20(8-5-13-48-40(46)47)33(63)52-25(17-30(45)59)38(68)55-26(39(69)70)14-19-6-3-2-4-7-19/h2-4,6-7,18,20-26H,5,8-17,41H2,1H3,(H2,42,56)(H2,43,57)(H2,44,58)(H2,45,59)(H,49,62)(H,50,64)(H,51,66)(H,52,63)(H,53,65)(H,54,67)(H,55,68)(H,60,61)(H,69,70)(H4,46,47,48)/t18-,20-,21-,22-,23-,24-,25-,26-/m0/s1. The first-order valence-corrected chi connectivity index (χ1v) is 21.3. The van der Waals surface area contributed by atoms with Gasteiger partial charge in [0.25, 0.3) is 0 Å². The molecule has 0 heterocycles. The molecule has 0 aliphatic heterocycles. The van der Waals surface area contributed by atoms with Crippen LogP contribution in [0.25, 0.3) is 0 Å². The van der Waals surface area contributed by atoms with E-state index < -0.39 is 170 Å². The number of hydrogen-bond donors (Lipinski definition) is 16. The highest BCUT2D eigenvalue weighted by molar-refractivity contribution is 6.00. The Morgan fingerprint density at radius 2 is 0.843 bits per heavy atom. The average Bonchev–Trinajstić information content (AvgIpc) is 3.25. The quantitative estimate of drug-likeness (QED) is 0.0177. The van der Waals surface area contributed by atoms with E-state index in [0.29, 0.717) is 5.56 Å². The number of hydrogen-bond acceptors (Lipinski definition) is 15. The molecule has 30 heteroatoms. The molecule has 23 N–H and O–H groups in total. The highest BCUT2D eigenvalue weighted by atomic mass is 16.4. The second-order valence-corrected chi connectivity index (χ2v) is 15.6. The van der Waals surface area contributed by atoms with E-state index in [0.717, 1.165) is 0 Å². The zero-order chi connectivity index (χ0) is 53.2. The molecule has 0 fully saturated rings. The summed E-state index contributed by atoms with van der Waals surface area (Å²) in [5, 5.41) is 34.4. The van der Waals surface area contributed by atoms with Crippen molar-refractivity contribution in [3.8, 4) is 0 Å². The van der Waals surface area contributed by atoms with Gasteiger partial charge in [-0.25, -0.2) is 4.79 Å². The second kappa shape index (κ2) is 30.0. The van der Waals surface area contributed by atoms with Crippen LogP contribution < -0.4 is 77.4 Å². The van der Waals surface area contributed by atoms with E-state index in [1.807, 2.05) is 0 Å². The molecule has 0 bridgehead atoms. The molecular formula is C40H61N15O15. The summed E-state index contributed by atoms with van der Waals surface area (Å²) in [5.41, 5.74) is 38.1. The van der Waals surface area contributed by atoms with Crippen LogP contribution in [-0.2, 0) is 68.7 Å². The number of aliphatic carboxylic acids is 2. The zero-order valence-electron chi connectivity index (χ0n) is 38.0. The van der Waals surface area contributed by atoms with Crippen molar-refractivity contribution < 1.29 is 72.5 Å². The number of nitrogens with one attached hydrogen (secondary N) is 7. The van der Waals surface area contributed by atoms with Gasteiger partial charge in [-0.05, 0) is 38.2 Å². The van der Waals surface area contributed by atoms with Crippen molar-refractivity contribution in [2.75, 3.05) is 6.54 Å². The molecule has 11 amide bonds. The van der Waals surface area contributed by atoms with Gasteiger partial charge in [-0.1, -0.05) is 30.3 Å². The Morgan fingerprint density at radius 3 is 1.20 bits per heavy atom. The van der Waals surface area contributed by atoms with Gasteiger partial charge >= 0.3 is 11.9 Å². The molecule has 0 saturated heterocycles. The van der Waals surface area contributed by atoms with E-state index in [-0.39, 0.29) is 31.8 Å². The first-order valence-electron chi connectivity index (χ1n) is 21.3. The lowest BCUT2D eigenvalue weighted by atomic mass is 10.0. The maximum Gasteiger partial charge on any atom is 0.326 e. The number of primary amides is 4. The highest BCUT2D eigenvalue weighted by Gasteiger charge is 2.36. The van der Waals surface area contributed by atoms with E-state index in [2.05, 4.69) is 42.2 Å². The summed E-state index contributed by atoms with van der Waals surface area (Å²) in [7, 11) is 0. The van der Waals surface area contributed by atoms with Crippen LogP contribution in [0.1, 0.15) is 70.3 Å². The van der Waals surface area contributed by atoms with Crippen molar-refractivity contribution >= 4 is 82.9 Å². The highest BCUT2D eigenvalue weighted by Crippen LogP contribution is 2.09. The van der Waals surface area contributed by atoms with Gasteiger partial charge < -0.3 is 87.6 Å². The fourth-order valence-corrected chi connectivity index (χ4v) is 6.08. The summed E-state index contributed by atoms with van der Waals surface area (Å²) in [6, 6.07) is -5.48. The largest absolute Gasteiger partial charge is 0.481 e. The number of nitrogens with two attached hydrogens (primary N) is 7. The predicted molar refractivity (Wildman–Crippen MR) is 242 cm³/mol. The van der Waals surface area contributed by atoms with Crippen molar-refractivity contribution in [1.82, 2.24) is 37.2 Å². The zero-order valence-corrected chi connectivity index (χ0v) is 38.0.